The van der Waals surface area contributed by atoms with Crippen LogP contribution in [0.25, 0.3) is 0 Å². The number of sulfonamides is 1. The van der Waals surface area contributed by atoms with Crippen molar-refractivity contribution in [1.29, 1.82) is 0 Å². The van der Waals surface area contributed by atoms with Crippen LogP contribution in [0.3, 0.4) is 0 Å². The van der Waals surface area contributed by atoms with E-state index in [2.05, 4.69) is 15.4 Å². The normalized spacial score (nSPS) is 12.6. The van der Waals surface area contributed by atoms with Gasteiger partial charge in [-0.05, 0) is 43.6 Å². The van der Waals surface area contributed by atoms with E-state index in [-0.39, 0.29) is 16.2 Å². The molecular formula is C15H19N3O3S2. The van der Waals surface area contributed by atoms with E-state index < -0.39 is 10.0 Å². The standard InChI is InChI=1S/C15H19N3O3S2/c1-11(16-2)10-17-15(19)12-5-3-6-13(9-12)18-23(20,21)14-7-4-8-22-14/h3-9,11,16,18H,10H2,1-2H3,(H,17,19). The van der Waals surface area contributed by atoms with Gasteiger partial charge in [-0.3, -0.25) is 9.52 Å². The van der Waals surface area contributed by atoms with Crippen LogP contribution in [0.5, 0.6) is 0 Å². The Hall–Kier alpha value is -1.90. The predicted octanol–water partition coefficient (Wildman–Crippen LogP) is 1.89. The Morgan fingerprint density at radius 2 is 2.04 bits per heavy atom. The molecule has 8 heteroatoms. The Balaban J connectivity index is 2.09. The second-order valence-electron chi connectivity index (χ2n) is 5.02. The molecule has 2 rings (SSSR count). The van der Waals surface area contributed by atoms with E-state index in [1.807, 2.05) is 14.0 Å². The number of carbonyl (C=O) groups is 1. The molecule has 0 aliphatic rings. The van der Waals surface area contributed by atoms with Crippen molar-refractivity contribution in [2.75, 3.05) is 18.3 Å². The Morgan fingerprint density at radius 3 is 2.70 bits per heavy atom. The first-order valence-electron chi connectivity index (χ1n) is 7.04. The molecule has 0 saturated heterocycles. The number of likely N-dealkylation sites (N-methyl/N-ethyl adjacent to an activating group) is 1. The molecule has 6 nitrogen and oxygen atoms in total. The number of nitrogens with one attached hydrogen (secondary N) is 3. The number of hydrogen-bond acceptors (Lipinski definition) is 5. The Bertz CT molecular complexity index is 758. The molecule has 0 radical (unpaired) electrons. The highest BCUT2D eigenvalue weighted by Crippen LogP contribution is 2.20. The molecule has 2 aromatic rings. The summed E-state index contributed by atoms with van der Waals surface area (Å²) < 4.78 is 27.1. The van der Waals surface area contributed by atoms with E-state index in [1.165, 1.54) is 12.1 Å². The summed E-state index contributed by atoms with van der Waals surface area (Å²) in [6.45, 7) is 2.44. The van der Waals surface area contributed by atoms with Crippen LogP contribution < -0.4 is 15.4 Å². The van der Waals surface area contributed by atoms with Crippen molar-refractivity contribution >= 4 is 33.0 Å². The molecule has 1 heterocycles. The van der Waals surface area contributed by atoms with Crippen molar-refractivity contribution < 1.29 is 13.2 Å². The topological polar surface area (TPSA) is 87.3 Å². The zero-order valence-electron chi connectivity index (χ0n) is 12.9. The summed E-state index contributed by atoms with van der Waals surface area (Å²) in [5.74, 6) is -0.246. The van der Waals surface area contributed by atoms with Crippen LogP contribution in [-0.2, 0) is 10.0 Å². The molecule has 0 bridgehead atoms. The maximum Gasteiger partial charge on any atom is 0.271 e. The van der Waals surface area contributed by atoms with Gasteiger partial charge in [-0.2, -0.15) is 0 Å². The van der Waals surface area contributed by atoms with Gasteiger partial charge in [0, 0.05) is 23.8 Å². The summed E-state index contributed by atoms with van der Waals surface area (Å²) >= 11 is 1.14. The van der Waals surface area contributed by atoms with Crippen LogP contribution in [0, 0.1) is 0 Å². The second kappa shape index (κ2) is 7.58. The van der Waals surface area contributed by atoms with Crippen LogP contribution in [0.15, 0.2) is 46.0 Å². The van der Waals surface area contributed by atoms with E-state index in [0.29, 0.717) is 17.8 Å². The number of thiophene rings is 1. The molecule has 0 aliphatic carbocycles. The largest absolute Gasteiger partial charge is 0.350 e. The van der Waals surface area contributed by atoms with Crippen molar-refractivity contribution in [2.24, 2.45) is 0 Å². The SMILES string of the molecule is CNC(C)CNC(=O)c1cccc(NS(=O)(=O)c2cccs2)c1. The molecule has 0 saturated carbocycles. The Morgan fingerprint density at radius 1 is 1.26 bits per heavy atom. The first kappa shape index (κ1) is 17.5. The minimum absolute atomic E-state index is 0.152. The van der Waals surface area contributed by atoms with Gasteiger partial charge >= 0.3 is 0 Å². The lowest BCUT2D eigenvalue weighted by atomic mass is 10.2. The molecule has 0 fully saturated rings. The van der Waals surface area contributed by atoms with E-state index in [9.17, 15) is 13.2 Å². The monoisotopic (exact) mass is 353 g/mol. The van der Waals surface area contributed by atoms with Gasteiger partial charge in [0.25, 0.3) is 15.9 Å². The number of amides is 1. The van der Waals surface area contributed by atoms with E-state index in [4.69, 9.17) is 0 Å². The molecule has 23 heavy (non-hydrogen) atoms. The first-order chi connectivity index (χ1) is 10.9. The maximum absolute atomic E-state index is 12.2. The highest BCUT2D eigenvalue weighted by Gasteiger charge is 2.16. The lowest BCUT2D eigenvalue weighted by Crippen LogP contribution is -2.37. The van der Waals surface area contributed by atoms with Crippen molar-refractivity contribution in [3.8, 4) is 0 Å². The number of carbonyl (C=O) groups excluding carboxylic acids is 1. The average Bonchev–Trinajstić information content (AvgIpc) is 3.07. The highest BCUT2D eigenvalue weighted by atomic mass is 32.2. The lowest BCUT2D eigenvalue weighted by molar-refractivity contribution is 0.0950. The highest BCUT2D eigenvalue weighted by molar-refractivity contribution is 7.94. The first-order valence-corrected chi connectivity index (χ1v) is 9.40. The van der Waals surface area contributed by atoms with E-state index in [1.54, 1.807) is 29.6 Å². The van der Waals surface area contributed by atoms with Gasteiger partial charge in [0.1, 0.15) is 4.21 Å². The second-order valence-corrected chi connectivity index (χ2v) is 7.88. The van der Waals surface area contributed by atoms with Gasteiger partial charge in [0.2, 0.25) is 0 Å². The molecule has 1 unspecified atom stereocenters. The fourth-order valence-corrected chi connectivity index (χ4v) is 3.84. The zero-order valence-corrected chi connectivity index (χ0v) is 14.5. The van der Waals surface area contributed by atoms with E-state index >= 15 is 0 Å². The third-order valence-electron chi connectivity index (χ3n) is 3.20. The van der Waals surface area contributed by atoms with Crippen LogP contribution in [0.2, 0.25) is 0 Å². The number of anilines is 1. The number of rotatable bonds is 7. The lowest BCUT2D eigenvalue weighted by Gasteiger charge is -2.12. The molecular weight excluding hydrogens is 334 g/mol. The summed E-state index contributed by atoms with van der Waals surface area (Å²) in [5.41, 5.74) is 0.757. The summed E-state index contributed by atoms with van der Waals surface area (Å²) in [6.07, 6.45) is 0. The molecule has 1 atom stereocenters. The van der Waals surface area contributed by atoms with Gasteiger partial charge in [-0.25, -0.2) is 8.42 Å². The van der Waals surface area contributed by atoms with Crippen LogP contribution >= 0.6 is 11.3 Å². The summed E-state index contributed by atoms with van der Waals surface area (Å²) in [7, 11) is -1.80. The van der Waals surface area contributed by atoms with Crippen LogP contribution in [0.1, 0.15) is 17.3 Å². The minimum Gasteiger partial charge on any atom is -0.350 e. The van der Waals surface area contributed by atoms with Gasteiger partial charge in [0.05, 0.1) is 0 Å². The molecule has 0 spiro atoms. The molecule has 3 N–H and O–H groups in total. The Labute approximate surface area is 140 Å². The zero-order chi connectivity index (χ0) is 16.9. The maximum atomic E-state index is 12.2. The van der Waals surface area contributed by atoms with Crippen molar-refractivity contribution in [1.82, 2.24) is 10.6 Å². The molecule has 1 aromatic carbocycles. The molecule has 124 valence electrons. The molecule has 1 aromatic heterocycles. The molecule has 0 aliphatic heterocycles. The quantitative estimate of drug-likeness (QED) is 0.709. The number of benzene rings is 1. The van der Waals surface area contributed by atoms with Gasteiger partial charge in [-0.1, -0.05) is 12.1 Å². The van der Waals surface area contributed by atoms with Gasteiger partial charge in [0.15, 0.2) is 0 Å². The van der Waals surface area contributed by atoms with Crippen molar-refractivity contribution in [3.63, 3.8) is 0 Å². The predicted molar refractivity (Wildman–Crippen MR) is 92.4 cm³/mol. The van der Waals surface area contributed by atoms with Gasteiger partial charge in [-0.15, -0.1) is 11.3 Å². The smallest absolute Gasteiger partial charge is 0.271 e. The van der Waals surface area contributed by atoms with Crippen molar-refractivity contribution in [3.05, 3.63) is 47.3 Å². The molecule has 1 amide bonds. The summed E-state index contributed by atoms with van der Waals surface area (Å²) in [5, 5.41) is 7.51. The third kappa shape index (κ3) is 4.78. The van der Waals surface area contributed by atoms with E-state index in [0.717, 1.165) is 11.3 Å². The summed E-state index contributed by atoms with van der Waals surface area (Å²) in [6, 6.07) is 9.77. The third-order valence-corrected chi connectivity index (χ3v) is 5.98. The Kier molecular flexibility index (Phi) is 5.75. The average molecular weight is 353 g/mol. The number of hydrogen-bond donors (Lipinski definition) is 3. The fourth-order valence-electron chi connectivity index (χ4n) is 1.80. The van der Waals surface area contributed by atoms with Gasteiger partial charge < -0.3 is 10.6 Å². The van der Waals surface area contributed by atoms with Crippen LogP contribution in [-0.4, -0.2) is 34.0 Å². The minimum atomic E-state index is -3.62. The van der Waals surface area contributed by atoms with Crippen molar-refractivity contribution in [2.45, 2.75) is 17.2 Å². The fraction of sp³-hybridized carbons (Fsp3) is 0.267. The summed E-state index contributed by atoms with van der Waals surface area (Å²) in [4.78, 5) is 12.1. The van der Waals surface area contributed by atoms with Crippen LogP contribution in [0.4, 0.5) is 5.69 Å².